The highest BCUT2D eigenvalue weighted by Crippen LogP contribution is 2.58. The van der Waals surface area contributed by atoms with Gasteiger partial charge in [0.1, 0.15) is 0 Å². The molecule has 3 aliphatic rings. The van der Waals surface area contributed by atoms with E-state index in [-0.39, 0.29) is 18.5 Å². The van der Waals surface area contributed by atoms with Crippen LogP contribution in [0.3, 0.4) is 0 Å². The molecule has 116 valence electrons. The van der Waals surface area contributed by atoms with Crippen molar-refractivity contribution < 1.29 is 9.59 Å². The lowest BCUT2D eigenvalue weighted by molar-refractivity contribution is -0.119. The number of fused-ring (bicyclic) bond motifs is 5. The van der Waals surface area contributed by atoms with Crippen molar-refractivity contribution in [2.75, 3.05) is 13.1 Å². The zero-order valence-electron chi connectivity index (χ0n) is 12.4. The molecule has 5 atom stereocenters. The van der Waals surface area contributed by atoms with Crippen LogP contribution < -0.4 is 16.0 Å². The fraction of sp³-hybridized carbons (Fsp3) is 0.750. The molecular weight excluding hydrogens is 266 g/mol. The number of rotatable bonds is 5. The molecule has 5 nitrogen and oxygen atoms in total. The van der Waals surface area contributed by atoms with E-state index in [1.54, 1.807) is 6.08 Å². The molecule has 0 aromatic carbocycles. The van der Waals surface area contributed by atoms with Crippen molar-refractivity contribution in [3.05, 3.63) is 12.7 Å². The molecule has 5 heteroatoms. The molecule has 3 amide bonds. The van der Waals surface area contributed by atoms with Gasteiger partial charge >= 0.3 is 6.03 Å². The van der Waals surface area contributed by atoms with Crippen LogP contribution in [-0.2, 0) is 4.79 Å². The summed E-state index contributed by atoms with van der Waals surface area (Å²) >= 11 is 0. The second-order valence-electron chi connectivity index (χ2n) is 6.68. The number of hydrogen-bond acceptors (Lipinski definition) is 2. The van der Waals surface area contributed by atoms with Crippen molar-refractivity contribution in [1.82, 2.24) is 16.0 Å². The minimum absolute atomic E-state index is 0.0204. The minimum atomic E-state index is -0.212. The average Bonchev–Trinajstić information content (AvgIpc) is 3.14. The molecule has 3 fully saturated rings. The van der Waals surface area contributed by atoms with Crippen molar-refractivity contribution in [1.29, 1.82) is 0 Å². The van der Waals surface area contributed by atoms with Gasteiger partial charge in [0.15, 0.2) is 0 Å². The van der Waals surface area contributed by atoms with Crippen molar-refractivity contribution in [3.8, 4) is 0 Å². The summed E-state index contributed by atoms with van der Waals surface area (Å²) < 4.78 is 0. The standard InChI is InChI=1S/C16H25N3O2/c1-2-6-17-15(20)9-18-16(21)19-14-8-10-7-13(14)12-5-3-4-11(10)12/h2,10-14H,1,3-9H2,(H,17,20)(H2,18,19,21)/t10-,11+,12-,13+,14-/m1/s1. The molecule has 0 spiro atoms. The summed E-state index contributed by atoms with van der Waals surface area (Å²) in [5.41, 5.74) is 0. The van der Waals surface area contributed by atoms with Crippen LogP contribution >= 0.6 is 0 Å². The van der Waals surface area contributed by atoms with E-state index in [0.29, 0.717) is 18.5 Å². The quantitative estimate of drug-likeness (QED) is 0.670. The highest BCUT2D eigenvalue weighted by atomic mass is 16.2. The molecule has 0 aromatic heterocycles. The lowest BCUT2D eigenvalue weighted by atomic mass is 9.79. The lowest BCUT2D eigenvalue weighted by Gasteiger charge is -2.32. The maximum atomic E-state index is 11.9. The van der Waals surface area contributed by atoms with Gasteiger partial charge in [-0.3, -0.25) is 4.79 Å². The molecule has 0 unspecified atom stereocenters. The Hall–Kier alpha value is -1.52. The van der Waals surface area contributed by atoms with E-state index in [1.165, 1.54) is 25.7 Å². The van der Waals surface area contributed by atoms with E-state index in [9.17, 15) is 9.59 Å². The molecule has 3 N–H and O–H groups in total. The number of carbonyl (C=O) groups excluding carboxylic acids is 2. The van der Waals surface area contributed by atoms with Crippen molar-refractivity contribution in [2.24, 2.45) is 23.7 Å². The first-order valence-electron chi connectivity index (χ1n) is 8.11. The number of carbonyl (C=O) groups is 2. The Morgan fingerprint density at radius 2 is 1.90 bits per heavy atom. The average molecular weight is 291 g/mol. The van der Waals surface area contributed by atoms with Gasteiger partial charge in [0.05, 0.1) is 6.54 Å². The van der Waals surface area contributed by atoms with Gasteiger partial charge in [0.2, 0.25) is 5.91 Å². The number of hydrogen-bond donors (Lipinski definition) is 3. The third-order valence-corrected chi connectivity index (χ3v) is 5.60. The highest BCUT2D eigenvalue weighted by Gasteiger charge is 2.53. The van der Waals surface area contributed by atoms with E-state index < -0.39 is 0 Å². The first-order valence-corrected chi connectivity index (χ1v) is 8.11. The van der Waals surface area contributed by atoms with Gasteiger partial charge in [-0.15, -0.1) is 6.58 Å². The Balaban J connectivity index is 1.42. The van der Waals surface area contributed by atoms with Gasteiger partial charge in [-0.05, 0) is 49.4 Å². The third kappa shape index (κ3) is 2.92. The number of urea groups is 1. The molecular formula is C16H25N3O2. The van der Waals surface area contributed by atoms with E-state index in [4.69, 9.17) is 0 Å². The molecule has 0 saturated heterocycles. The molecule has 2 bridgehead atoms. The summed E-state index contributed by atoms with van der Waals surface area (Å²) in [6.45, 7) is 3.98. The van der Waals surface area contributed by atoms with Gasteiger partial charge in [0.25, 0.3) is 0 Å². The minimum Gasteiger partial charge on any atom is -0.351 e. The zero-order valence-corrected chi connectivity index (χ0v) is 12.4. The topological polar surface area (TPSA) is 70.2 Å². The normalized spacial score (nSPS) is 36.1. The van der Waals surface area contributed by atoms with Gasteiger partial charge in [-0.25, -0.2) is 4.79 Å². The SMILES string of the molecule is C=CCNC(=O)CNC(=O)N[C@@H]1C[C@H]2C[C@H]1[C@@H]1CCC[C@@H]21. The van der Waals surface area contributed by atoms with Crippen LogP contribution in [0.1, 0.15) is 32.1 Å². The fourth-order valence-electron chi connectivity index (χ4n) is 4.86. The van der Waals surface area contributed by atoms with E-state index in [2.05, 4.69) is 22.5 Å². The van der Waals surface area contributed by atoms with Crippen LogP contribution in [0, 0.1) is 23.7 Å². The summed E-state index contributed by atoms with van der Waals surface area (Å²) in [5.74, 6) is 3.08. The predicted molar refractivity (Wildman–Crippen MR) is 80.6 cm³/mol. The summed E-state index contributed by atoms with van der Waals surface area (Å²) in [6, 6.07) is 0.0986. The molecule has 0 radical (unpaired) electrons. The fourth-order valence-corrected chi connectivity index (χ4v) is 4.86. The smallest absolute Gasteiger partial charge is 0.315 e. The number of nitrogens with one attached hydrogen (secondary N) is 3. The van der Waals surface area contributed by atoms with Gasteiger partial charge in [0, 0.05) is 12.6 Å². The maximum absolute atomic E-state index is 11.9. The van der Waals surface area contributed by atoms with Gasteiger partial charge in [-0.2, -0.15) is 0 Å². The van der Waals surface area contributed by atoms with Crippen LogP contribution in [0.25, 0.3) is 0 Å². The first kappa shape index (κ1) is 14.4. The Bertz CT molecular complexity index is 437. The maximum Gasteiger partial charge on any atom is 0.315 e. The van der Waals surface area contributed by atoms with Crippen molar-refractivity contribution in [3.63, 3.8) is 0 Å². The van der Waals surface area contributed by atoms with E-state index in [0.717, 1.165) is 24.2 Å². The van der Waals surface area contributed by atoms with E-state index in [1.807, 2.05) is 0 Å². The predicted octanol–water partition coefficient (Wildman–Crippen LogP) is 1.41. The number of amides is 3. The van der Waals surface area contributed by atoms with Gasteiger partial charge < -0.3 is 16.0 Å². The summed E-state index contributed by atoms with van der Waals surface area (Å²) in [7, 11) is 0. The molecule has 3 saturated carbocycles. The third-order valence-electron chi connectivity index (χ3n) is 5.60. The zero-order chi connectivity index (χ0) is 14.8. The van der Waals surface area contributed by atoms with Crippen LogP contribution in [0.2, 0.25) is 0 Å². The molecule has 3 aliphatic carbocycles. The molecule has 0 aromatic rings. The van der Waals surface area contributed by atoms with Crippen molar-refractivity contribution >= 4 is 11.9 Å². The molecule has 0 heterocycles. The van der Waals surface area contributed by atoms with Crippen molar-refractivity contribution in [2.45, 2.75) is 38.1 Å². The van der Waals surface area contributed by atoms with Crippen LogP contribution in [0.5, 0.6) is 0 Å². The Kier molecular flexibility index (Phi) is 4.17. The monoisotopic (exact) mass is 291 g/mol. The molecule has 21 heavy (non-hydrogen) atoms. The second-order valence-corrected chi connectivity index (χ2v) is 6.68. The Morgan fingerprint density at radius 3 is 2.71 bits per heavy atom. The van der Waals surface area contributed by atoms with Gasteiger partial charge in [-0.1, -0.05) is 12.5 Å². The molecule has 0 aliphatic heterocycles. The van der Waals surface area contributed by atoms with Crippen LogP contribution in [0.15, 0.2) is 12.7 Å². The molecule has 3 rings (SSSR count). The largest absolute Gasteiger partial charge is 0.351 e. The summed E-state index contributed by atoms with van der Waals surface area (Å²) in [6.07, 6.45) is 8.14. The first-order chi connectivity index (χ1) is 10.2. The Morgan fingerprint density at radius 1 is 1.10 bits per heavy atom. The van der Waals surface area contributed by atoms with Crippen LogP contribution in [0.4, 0.5) is 4.79 Å². The van der Waals surface area contributed by atoms with E-state index >= 15 is 0 Å². The summed E-state index contributed by atoms with van der Waals surface area (Å²) in [5, 5.41) is 8.36. The second kappa shape index (κ2) is 6.08. The highest BCUT2D eigenvalue weighted by molar-refractivity contribution is 5.84. The summed E-state index contributed by atoms with van der Waals surface area (Å²) in [4.78, 5) is 23.3. The van der Waals surface area contributed by atoms with Crippen LogP contribution in [-0.4, -0.2) is 31.1 Å². The Labute approximate surface area is 125 Å². The lowest BCUT2D eigenvalue weighted by Crippen LogP contribution is -2.48.